The molecule has 0 spiro atoms. The molecule has 0 unspecified atom stereocenters. The lowest BCUT2D eigenvalue weighted by molar-refractivity contribution is 0.930. The molecule has 0 saturated heterocycles. The monoisotopic (exact) mass is 930 g/mol. The SMILES string of the molecule is c1ccc([Si](c2ccccc2)(c2cccc(-c3cc(-n4c5ccccc5n5c6ccccc6nc45)nc(-n4c5ccccc5n5c6ccccc6nc45)n3)c2)c2ccc3sc4ccccc4c3c2)cc1. The highest BCUT2D eigenvalue weighted by molar-refractivity contribution is 7.26. The summed E-state index contributed by atoms with van der Waals surface area (Å²) in [7, 11) is -3.03. The van der Waals surface area contributed by atoms with Crippen LogP contribution in [0.15, 0.2) is 231 Å². The van der Waals surface area contributed by atoms with Crippen molar-refractivity contribution in [3.8, 4) is 23.0 Å². The van der Waals surface area contributed by atoms with Gasteiger partial charge in [-0.3, -0.25) is 13.4 Å². The van der Waals surface area contributed by atoms with Gasteiger partial charge in [0.05, 0.1) is 49.8 Å². The molecule has 0 amide bonds. The summed E-state index contributed by atoms with van der Waals surface area (Å²) < 4.78 is 11.4. The molecule has 0 aliphatic rings. The summed E-state index contributed by atoms with van der Waals surface area (Å²) in [5, 5.41) is 7.77. The van der Waals surface area contributed by atoms with Gasteiger partial charge in [-0.05, 0) is 81.4 Å². The highest BCUT2D eigenvalue weighted by atomic mass is 32.1. The molecule has 0 atom stereocenters. The highest BCUT2D eigenvalue weighted by Crippen LogP contribution is 2.35. The number of nitrogens with zero attached hydrogens (tertiary/aromatic N) is 8. The Labute approximate surface area is 405 Å². The lowest BCUT2D eigenvalue weighted by Gasteiger charge is -2.34. The second-order valence-corrected chi connectivity index (χ2v) is 22.8. The smallest absolute Gasteiger partial charge is 0.239 e. The van der Waals surface area contributed by atoms with Crippen molar-refractivity contribution in [3.05, 3.63) is 231 Å². The number of benzene rings is 9. The molecule has 0 N–H and O–H groups in total. The number of fused-ring (bicyclic) bond motifs is 13. The third-order valence-electron chi connectivity index (χ3n) is 14.2. The molecule has 70 heavy (non-hydrogen) atoms. The number of thiophene rings is 1. The fraction of sp³-hybridized carbons (Fsp3) is 0. The van der Waals surface area contributed by atoms with Crippen LogP contribution in [0.25, 0.3) is 98.9 Å². The molecule has 15 rings (SSSR count). The lowest BCUT2D eigenvalue weighted by Crippen LogP contribution is -2.74. The third-order valence-corrected chi connectivity index (χ3v) is 20.1. The van der Waals surface area contributed by atoms with Crippen LogP contribution in [-0.4, -0.2) is 45.9 Å². The number of para-hydroxylation sites is 8. The van der Waals surface area contributed by atoms with E-state index in [4.69, 9.17) is 19.9 Å². The summed E-state index contributed by atoms with van der Waals surface area (Å²) in [5.41, 5.74) is 9.65. The number of hydrogen-bond donors (Lipinski definition) is 0. The van der Waals surface area contributed by atoms with E-state index in [2.05, 4.69) is 236 Å². The molecule has 6 heterocycles. The molecule has 0 aliphatic carbocycles. The van der Waals surface area contributed by atoms with Crippen LogP contribution in [-0.2, 0) is 0 Å². The zero-order valence-corrected chi connectivity index (χ0v) is 39.2. The summed E-state index contributed by atoms with van der Waals surface area (Å²) in [6, 6.07) is 83.2. The van der Waals surface area contributed by atoms with Crippen molar-refractivity contribution >= 4 is 116 Å². The first-order chi connectivity index (χ1) is 34.7. The maximum atomic E-state index is 5.61. The normalized spacial score (nSPS) is 12.3. The number of imidazole rings is 4. The van der Waals surface area contributed by atoms with Crippen molar-refractivity contribution in [3.63, 3.8) is 0 Å². The van der Waals surface area contributed by atoms with E-state index < -0.39 is 8.07 Å². The van der Waals surface area contributed by atoms with Crippen LogP contribution in [0, 0.1) is 0 Å². The van der Waals surface area contributed by atoms with E-state index in [1.165, 1.54) is 40.9 Å². The average Bonchev–Trinajstić information content (AvgIpc) is 4.23. The van der Waals surface area contributed by atoms with Gasteiger partial charge < -0.3 is 0 Å². The molecule has 0 aliphatic heterocycles. The molecule has 0 bridgehead atoms. The van der Waals surface area contributed by atoms with Gasteiger partial charge in [0, 0.05) is 31.8 Å². The minimum absolute atomic E-state index is 0.510. The van der Waals surface area contributed by atoms with Crippen LogP contribution in [0.1, 0.15) is 0 Å². The molecule has 6 aromatic heterocycles. The van der Waals surface area contributed by atoms with E-state index in [-0.39, 0.29) is 0 Å². The van der Waals surface area contributed by atoms with Crippen LogP contribution < -0.4 is 20.7 Å². The van der Waals surface area contributed by atoms with E-state index >= 15 is 0 Å². The van der Waals surface area contributed by atoms with Crippen LogP contribution in [0.4, 0.5) is 0 Å². The first-order valence-corrected chi connectivity index (χ1v) is 26.3. The van der Waals surface area contributed by atoms with Crippen molar-refractivity contribution < 1.29 is 0 Å². The second-order valence-electron chi connectivity index (χ2n) is 17.9. The van der Waals surface area contributed by atoms with Crippen molar-refractivity contribution in [1.82, 2.24) is 37.9 Å². The van der Waals surface area contributed by atoms with Gasteiger partial charge in [-0.1, -0.05) is 164 Å². The second kappa shape index (κ2) is 15.0. The largest absolute Gasteiger partial charge is 0.276 e. The number of hydrogen-bond acceptors (Lipinski definition) is 5. The van der Waals surface area contributed by atoms with Gasteiger partial charge in [-0.2, -0.15) is 4.98 Å². The van der Waals surface area contributed by atoms with Crippen molar-refractivity contribution in [2.75, 3.05) is 0 Å². The molecule has 0 saturated carbocycles. The van der Waals surface area contributed by atoms with Crippen LogP contribution >= 0.6 is 11.3 Å². The fourth-order valence-corrected chi connectivity index (χ4v) is 17.0. The van der Waals surface area contributed by atoms with E-state index in [1.807, 2.05) is 23.5 Å². The third kappa shape index (κ3) is 5.56. The summed E-state index contributed by atoms with van der Waals surface area (Å²) >= 11 is 1.86. The quantitative estimate of drug-likeness (QED) is 0.118. The zero-order valence-electron chi connectivity index (χ0n) is 37.4. The zero-order chi connectivity index (χ0) is 45.9. The van der Waals surface area contributed by atoms with E-state index in [9.17, 15) is 0 Å². The Hall–Kier alpha value is -8.96. The Bertz CT molecular complexity index is 4360. The number of rotatable bonds is 7. The number of aromatic nitrogens is 8. The molecule has 9 aromatic carbocycles. The standard InChI is InChI=1S/C60H38N8SSi/c1-3-19-40(20-4-1)70(41-21-5-2-6-22-41,43-34-35-56-45(37-43)44-24-7-16-33-55(44)69-56)42-23-17-18-39(36-42)48-38-57(67-53-31-14-12-29-51(53)65-49-27-10-8-25-46(49)62-59(65)67)64-58(61-48)68-54-32-15-13-30-52(54)66-50-28-11-9-26-47(50)63-60(66)68/h1-38H. The van der Waals surface area contributed by atoms with Gasteiger partial charge in [0.25, 0.3) is 0 Å². The minimum Gasteiger partial charge on any atom is -0.276 e. The Balaban J connectivity index is 1.04. The first kappa shape index (κ1) is 39.1. The average molecular weight is 931 g/mol. The topological polar surface area (TPSA) is 70.2 Å². The highest BCUT2D eigenvalue weighted by Gasteiger charge is 2.42. The van der Waals surface area contributed by atoms with Gasteiger partial charge in [0.2, 0.25) is 17.5 Å². The molecule has 0 fully saturated rings. The molecule has 8 nitrogen and oxygen atoms in total. The molecular weight excluding hydrogens is 893 g/mol. The van der Waals surface area contributed by atoms with Gasteiger partial charge in [0.15, 0.2) is 8.07 Å². The lowest BCUT2D eigenvalue weighted by atomic mass is 10.1. The maximum absolute atomic E-state index is 5.61. The van der Waals surface area contributed by atoms with Crippen molar-refractivity contribution in [2.24, 2.45) is 0 Å². The summed E-state index contributed by atoms with van der Waals surface area (Å²) in [6.07, 6.45) is 0. The van der Waals surface area contributed by atoms with E-state index in [0.717, 1.165) is 66.9 Å². The Morgan fingerprint density at radius 2 is 0.857 bits per heavy atom. The Morgan fingerprint density at radius 3 is 1.53 bits per heavy atom. The summed E-state index contributed by atoms with van der Waals surface area (Å²) in [6.45, 7) is 0. The van der Waals surface area contributed by atoms with E-state index in [1.54, 1.807) is 0 Å². The van der Waals surface area contributed by atoms with Crippen LogP contribution in [0.2, 0.25) is 0 Å². The summed E-state index contributed by atoms with van der Waals surface area (Å²) in [5.74, 6) is 2.72. The molecular formula is C60H38N8SSi. The Morgan fingerprint density at radius 1 is 0.343 bits per heavy atom. The molecule has 10 heteroatoms. The fourth-order valence-electron chi connectivity index (χ4n) is 11.2. The van der Waals surface area contributed by atoms with Gasteiger partial charge in [-0.15, -0.1) is 11.3 Å². The molecule has 328 valence electrons. The molecule has 15 aromatic rings. The summed E-state index contributed by atoms with van der Waals surface area (Å²) in [4.78, 5) is 21.7. The maximum Gasteiger partial charge on any atom is 0.239 e. The predicted molar refractivity (Wildman–Crippen MR) is 290 cm³/mol. The predicted octanol–water partition coefficient (Wildman–Crippen LogP) is 11.4. The van der Waals surface area contributed by atoms with Gasteiger partial charge in [-0.25, -0.2) is 19.5 Å². The first-order valence-electron chi connectivity index (χ1n) is 23.5. The van der Waals surface area contributed by atoms with Crippen molar-refractivity contribution in [2.45, 2.75) is 0 Å². The van der Waals surface area contributed by atoms with Crippen molar-refractivity contribution in [1.29, 1.82) is 0 Å². The van der Waals surface area contributed by atoms with Gasteiger partial charge >= 0.3 is 0 Å². The van der Waals surface area contributed by atoms with Crippen LogP contribution in [0.5, 0.6) is 0 Å². The minimum atomic E-state index is -3.03. The van der Waals surface area contributed by atoms with Crippen LogP contribution in [0.3, 0.4) is 0 Å². The Kier molecular flexibility index (Phi) is 8.38. The molecule has 0 radical (unpaired) electrons. The van der Waals surface area contributed by atoms with Gasteiger partial charge in [0.1, 0.15) is 5.82 Å². The van der Waals surface area contributed by atoms with E-state index in [0.29, 0.717) is 11.8 Å².